The van der Waals surface area contributed by atoms with Crippen molar-refractivity contribution < 1.29 is 0 Å². The minimum Gasteiger partial charge on any atom is -0.0622 e. The highest BCUT2D eigenvalue weighted by molar-refractivity contribution is 5.87. The van der Waals surface area contributed by atoms with Crippen LogP contribution in [0, 0.1) is 0 Å². The van der Waals surface area contributed by atoms with Crippen molar-refractivity contribution >= 4 is 11.1 Å². The van der Waals surface area contributed by atoms with E-state index in [0.29, 0.717) is 0 Å². The zero-order chi connectivity index (χ0) is 27.0. The van der Waals surface area contributed by atoms with Gasteiger partial charge in [0, 0.05) is 0 Å². The van der Waals surface area contributed by atoms with Gasteiger partial charge >= 0.3 is 0 Å². The van der Waals surface area contributed by atoms with E-state index < -0.39 is 0 Å². The Morgan fingerprint density at radius 1 is 0.250 bits per heavy atom. The Hall–Kier alpha value is -5.20. The first kappa shape index (κ1) is 25.1. The summed E-state index contributed by atoms with van der Waals surface area (Å²) in [5.41, 5.74) is 12.0. The highest BCUT2D eigenvalue weighted by Crippen LogP contribution is 2.30. The molecule has 190 valence electrons. The summed E-state index contributed by atoms with van der Waals surface area (Å²) in [6.07, 6.45) is 4.53. The molecule has 0 saturated carbocycles. The van der Waals surface area contributed by atoms with Crippen LogP contribution < -0.4 is 0 Å². The first-order chi connectivity index (χ1) is 19.8. The monoisotopic (exact) mass is 510 g/mol. The van der Waals surface area contributed by atoms with Crippen molar-refractivity contribution in [3.63, 3.8) is 0 Å². The molecule has 0 aliphatic heterocycles. The van der Waals surface area contributed by atoms with Crippen LogP contribution in [0.3, 0.4) is 0 Å². The van der Waals surface area contributed by atoms with Gasteiger partial charge in [0.15, 0.2) is 0 Å². The van der Waals surface area contributed by atoms with Gasteiger partial charge in [-0.1, -0.05) is 182 Å². The van der Waals surface area contributed by atoms with Crippen molar-refractivity contribution in [2.75, 3.05) is 0 Å². The summed E-state index contributed by atoms with van der Waals surface area (Å²) in [6, 6.07) is 60.1. The third kappa shape index (κ3) is 5.77. The lowest BCUT2D eigenvalue weighted by Crippen LogP contribution is -1.91. The Balaban J connectivity index is 1.43. The fraction of sp³-hybridized carbons (Fsp3) is 0. The second kappa shape index (κ2) is 12.1. The molecule has 6 aromatic carbocycles. The van der Waals surface area contributed by atoms with E-state index >= 15 is 0 Å². The standard InChI is InChI=1S/C40H30/c1-5-13-31(14-6-1)33-21-25-37(26-22-33)39(35-17-9-3-10-18-35)29-30-40(36-19-11-4-12-20-36)38-27-23-34(24-28-38)32-15-7-2-8-16-32/h1-30H/b39-29+,40-30+. The van der Waals surface area contributed by atoms with Crippen molar-refractivity contribution in [1.29, 1.82) is 0 Å². The molecular formula is C40H30. The molecule has 6 aromatic rings. The Morgan fingerprint density at radius 2 is 0.500 bits per heavy atom. The van der Waals surface area contributed by atoms with Crippen LogP contribution in [0.25, 0.3) is 33.4 Å². The number of hydrogen-bond acceptors (Lipinski definition) is 0. The minimum absolute atomic E-state index is 1.19. The fourth-order valence-corrected chi connectivity index (χ4v) is 5.07. The molecule has 0 unspecified atom stereocenters. The number of rotatable bonds is 7. The summed E-state index contributed by atoms with van der Waals surface area (Å²) >= 11 is 0. The molecule has 6 rings (SSSR count). The summed E-state index contributed by atoms with van der Waals surface area (Å²) in [4.78, 5) is 0. The normalized spacial score (nSPS) is 11.8. The molecule has 0 N–H and O–H groups in total. The van der Waals surface area contributed by atoms with Crippen molar-refractivity contribution in [3.05, 3.63) is 204 Å². The molecule has 0 saturated heterocycles. The van der Waals surface area contributed by atoms with Crippen molar-refractivity contribution in [1.82, 2.24) is 0 Å². The molecule has 0 heteroatoms. The molecule has 0 bridgehead atoms. The lowest BCUT2D eigenvalue weighted by atomic mass is 9.92. The maximum Gasteiger partial charge on any atom is -0.0111 e. The Morgan fingerprint density at radius 3 is 0.825 bits per heavy atom. The van der Waals surface area contributed by atoms with Crippen LogP contribution in [0.1, 0.15) is 22.3 Å². The van der Waals surface area contributed by atoms with Crippen LogP contribution >= 0.6 is 0 Å². The highest BCUT2D eigenvalue weighted by Gasteiger charge is 2.09. The van der Waals surface area contributed by atoms with Crippen LogP contribution in [-0.4, -0.2) is 0 Å². The van der Waals surface area contributed by atoms with E-state index in [1.165, 1.54) is 55.7 Å². The third-order valence-electron chi connectivity index (χ3n) is 7.19. The van der Waals surface area contributed by atoms with E-state index in [0.717, 1.165) is 0 Å². The average Bonchev–Trinajstić information content (AvgIpc) is 3.05. The van der Waals surface area contributed by atoms with E-state index in [9.17, 15) is 0 Å². The molecule has 0 heterocycles. The second-order valence-electron chi connectivity index (χ2n) is 9.78. The molecule has 0 fully saturated rings. The molecule has 0 aromatic heterocycles. The van der Waals surface area contributed by atoms with Gasteiger partial charge in [0.2, 0.25) is 0 Å². The number of benzene rings is 6. The molecular weight excluding hydrogens is 480 g/mol. The van der Waals surface area contributed by atoms with Gasteiger partial charge in [0.05, 0.1) is 0 Å². The molecule has 0 atom stereocenters. The Bertz CT molecular complexity index is 1570. The predicted octanol–water partition coefficient (Wildman–Crippen LogP) is 10.6. The van der Waals surface area contributed by atoms with Crippen LogP contribution in [0.15, 0.2) is 182 Å². The van der Waals surface area contributed by atoms with Crippen molar-refractivity contribution in [2.24, 2.45) is 0 Å². The smallest absolute Gasteiger partial charge is 0.0111 e. The van der Waals surface area contributed by atoms with Crippen LogP contribution in [0.5, 0.6) is 0 Å². The molecule has 0 aliphatic carbocycles. The van der Waals surface area contributed by atoms with Gasteiger partial charge in [-0.15, -0.1) is 0 Å². The van der Waals surface area contributed by atoms with E-state index in [1.807, 2.05) is 0 Å². The SMILES string of the molecule is C(/C=C(\c1ccccc1)c1ccc(-c2ccccc2)cc1)=C(/c1ccccc1)c1ccc(-c2ccccc2)cc1. The summed E-state index contributed by atoms with van der Waals surface area (Å²) in [5.74, 6) is 0. The molecule has 0 spiro atoms. The molecule has 0 radical (unpaired) electrons. The van der Waals surface area contributed by atoms with Gasteiger partial charge in [-0.2, -0.15) is 0 Å². The molecule has 40 heavy (non-hydrogen) atoms. The Kier molecular flexibility index (Phi) is 7.60. The second-order valence-corrected chi connectivity index (χ2v) is 9.78. The van der Waals surface area contributed by atoms with E-state index in [-0.39, 0.29) is 0 Å². The zero-order valence-electron chi connectivity index (χ0n) is 22.3. The van der Waals surface area contributed by atoms with Gasteiger partial charge in [-0.25, -0.2) is 0 Å². The van der Waals surface area contributed by atoms with Gasteiger partial charge in [0.1, 0.15) is 0 Å². The quantitative estimate of drug-likeness (QED) is 0.187. The first-order valence-corrected chi connectivity index (χ1v) is 13.7. The van der Waals surface area contributed by atoms with Gasteiger partial charge in [-0.05, 0) is 55.7 Å². The highest BCUT2D eigenvalue weighted by atomic mass is 14.1. The fourth-order valence-electron chi connectivity index (χ4n) is 5.07. The lowest BCUT2D eigenvalue weighted by Gasteiger charge is -2.12. The van der Waals surface area contributed by atoms with E-state index in [4.69, 9.17) is 0 Å². The topological polar surface area (TPSA) is 0 Å². The van der Waals surface area contributed by atoms with E-state index in [2.05, 4.69) is 182 Å². The maximum absolute atomic E-state index is 2.26. The summed E-state index contributed by atoms with van der Waals surface area (Å²) < 4.78 is 0. The molecule has 0 aliphatic rings. The van der Waals surface area contributed by atoms with Gasteiger partial charge in [0.25, 0.3) is 0 Å². The minimum atomic E-state index is 1.19. The predicted molar refractivity (Wildman–Crippen MR) is 171 cm³/mol. The number of hydrogen-bond donors (Lipinski definition) is 0. The lowest BCUT2D eigenvalue weighted by molar-refractivity contribution is 1.52. The third-order valence-corrected chi connectivity index (χ3v) is 7.19. The summed E-state index contributed by atoms with van der Waals surface area (Å²) in [7, 11) is 0. The first-order valence-electron chi connectivity index (χ1n) is 13.7. The molecule has 0 nitrogen and oxygen atoms in total. The van der Waals surface area contributed by atoms with Crippen LogP contribution in [0.2, 0.25) is 0 Å². The Labute approximate surface area is 237 Å². The van der Waals surface area contributed by atoms with E-state index in [1.54, 1.807) is 0 Å². The van der Waals surface area contributed by atoms with Gasteiger partial charge < -0.3 is 0 Å². The van der Waals surface area contributed by atoms with Gasteiger partial charge in [-0.3, -0.25) is 0 Å². The summed E-state index contributed by atoms with van der Waals surface area (Å²) in [5, 5.41) is 0. The van der Waals surface area contributed by atoms with Crippen LogP contribution in [-0.2, 0) is 0 Å². The van der Waals surface area contributed by atoms with Crippen molar-refractivity contribution in [2.45, 2.75) is 0 Å². The summed E-state index contributed by atoms with van der Waals surface area (Å²) in [6.45, 7) is 0. The van der Waals surface area contributed by atoms with Crippen molar-refractivity contribution in [3.8, 4) is 22.3 Å². The average molecular weight is 511 g/mol. The zero-order valence-corrected chi connectivity index (χ0v) is 22.3. The maximum atomic E-state index is 2.26. The van der Waals surface area contributed by atoms with Crippen LogP contribution in [0.4, 0.5) is 0 Å². The molecule has 0 amide bonds. The number of allylic oxidation sites excluding steroid dienone is 2. The largest absolute Gasteiger partial charge is 0.0622 e.